The molecule has 0 spiro atoms. The van der Waals surface area contributed by atoms with E-state index in [0.29, 0.717) is 6.04 Å². The van der Waals surface area contributed by atoms with Crippen LogP contribution in [0.4, 0.5) is 4.39 Å². The molecule has 3 atom stereocenters. The predicted octanol–water partition coefficient (Wildman–Crippen LogP) is 3.78. The zero-order valence-electron chi connectivity index (χ0n) is 11.5. The van der Waals surface area contributed by atoms with Gasteiger partial charge in [0.05, 0.1) is 0 Å². The largest absolute Gasteiger partial charge is 0.314 e. The summed E-state index contributed by atoms with van der Waals surface area (Å²) in [5, 5.41) is 3.59. The first kappa shape index (κ1) is 13.5. The topological polar surface area (TPSA) is 12.0 Å². The van der Waals surface area contributed by atoms with E-state index in [0.717, 1.165) is 30.4 Å². The SMILES string of the molecule is CC1CCC(CNC(C)Cc2cccc(F)c2)C1. The predicted molar refractivity (Wildman–Crippen MR) is 74.1 cm³/mol. The summed E-state index contributed by atoms with van der Waals surface area (Å²) in [6.45, 7) is 5.64. The van der Waals surface area contributed by atoms with Crippen LogP contribution in [0.5, 0.6) is 0 Å². The summed E-state index contributed by atoms with van der Waals surface area (Å²) in [6, 6.07) is 7.34. The van der Waals surface area contributed by atoms with E-state index in [1.807, 2.05) is 6.07 Å². The molecule has 1 nitrogen and oxygen atoms in total. The van der Waals surface area contributed by atoms with Gasteiger partial charge in [0, 0.05) is 6.04 Å². The van der Waals surface area contributed by atoms with Gasteiger partial charge in [-0.3, -0.25) is 0 Å². The summed E-state index contributed by atoms with van der Waals surface area (Å²) in [5.41, 5.74) is 1.08. The second-order valence-corrected chi connectivity index (χ2v) is 5.93. The fourth-order valence-electron chi connectivity index (χ4n) is 2.97. The Bertz CT molecular complexity index is 377. The molecule has 2 heteroatoms. The van der Waals surface area contributed by atoms with E-state index >= 15 is 0 Å². The molecule has 18 heavy (non-hydrogen) atoms. The maximum Gasteiger partial charge on any atom is 0.123 e. The fourth-order valence-corrected chi connectivity index (χ4v) is 2.97. The molecule has 0 radical (unpaired) electrons. The van der Waals surface area contributed by atoms with Crippen molar-refractivity contribution in [2.75, 3.05) is 6.54 Å². The number of benzene rings is 1. The molecule has 0 bridgehead atoms. The van der Waals surface area contributed by atoms with Crippen molar-refractivity contribution in [3.05, 3.63) is 35.6 Å². The summed E-state index contributed by atoms with van der Waals surface area (Å²) in [4.78, 5) is 0. The highest BCUT2D eigenvalue weighted by Crippen LogP contribution is 2.29. The van der Waals surface area contributed by atoms with E-state index in [2.05, 4.69) is 19.2 Å². The number of hydrogen-bond acceptors (Lipinski definition) is 1. The first-order valence-electron chi connectivity index (χ1n) is 7.11. The first-order chi connectivity index (χ1) is 8.63. The lowest BCUT2D eigenvalue weighted by molar-refractivity contribution is 0.432. The van der Waals surface area contributed by atoms with Crippen LogP contribution in [-0.4, -0.2) is 12.6 Å². The molecule has 3 unspecified atom stereocenters. The van der Waals surface area contributed by atoms with Crippen molar-refractivity contribution in [3.63, 3.8) is 0 Å². The highest BCUT2D eigenvalue weighted by atomic mass is 19.1. The molecule has 1 saturated carbocycles. The number of nitrogens with one attached hydrogen (secondary N) is 1. The van der Waals surface area contributed by atoms with Crippen LogP contribution in [0.25, 0.3) is 0 Å². The number of rotatable bonds is 5. The molecule has 1 aromatic rings. The first-order valence-corrected chi connectivity index (χ1v) is 7.11. The lowest BCUT2D eigenvalue weighted by atomic mass is 10.0. The van der Waals surface area contributed by atoms with Gasteiger partial charge in [0.25, 0.3) is 0 Å². The summed E-state index contributed by atoms with van der Waals surface area (Å²) >= 11 is 0. The van der Waals surface area contributed by atoms with Gasteiger partial charge in [-0.15, -0.1) is 0 Å². The zero-order valence-corrected chi connectivity index (χ0v) is 11.5. The van der Waals surface area contributed by atoms with E-state index in [-0.39, 0.29) is 5.82 Å². The molecule has 0 amide bonds. The molecule has 1 aliphatic carbocycles. The Labute approximate surface area is 110 Å². The molecular formula is C16H24FN. The van der Waals surface area contributed by atoms with Crippen LogP contribution in [0.1, 0.15) is 38.7 Å². The van der Waals surface area contributed by atoms with Gasteiger partial charge in [-0.25, -0.2) is 4.39 Å². The molecule has 0 aliphatic heterocycles. The molecule has 2 rings (SSSR count). The van der Waals surface area contributed by atoms with Crippen molar-refractivity contribution >= 4 is 0 Å². The highest BCUT2D eigenvalue weighted by Gasteiger charge is 2.21. The minimum atomic E-state index is -0.135. The monoisotopic (exact) mass is 249 g/mol. The second kappa shape index (κ2) is 6.33. The van der Waals surface area contributed by atoms with Crippen molar-refractivity contribution in [1.29, 1.82) is 0 Å². The summed E-state index contributed by atoms with van der Waals surface area (Å²) in [5.74, 6) is 1.61. The van der Waals surface area contributed by atoms with Gasteiger partial charge >= 0.3 is 0 Å². The van der Waals surface area contributed by atoms with E-state index in [1.165, 1.54) is 25.3 Å². The van der Waals surface area contributed by atoms with Gasteiger partial charge in [-0.1, -0.05) is 25.5 Å². The molecule has 1 aliphatic rings. The molecule has 0 saturated heterocycles. The Morgan fingerprint density at radius 1 is 1.39 bits per heavy atom. The quantitative estimate of drug-likeness (QED) is 0.837. The zero-order chi connectivity index (χ0) is 13.0. The standard InChI is InChI=1S/C16H24FN/c1-12-6-7-15(8-12)11-18-13(2)9-14-4-3-5-16(17)10-14/h3-5,10,12-13,15,18H,6-9,11H2,1-2H3. The van der Waals surface area contributed by atoms with Crippen LogP contribution in [0.2, 0.25) is 0 Å². The molecule has 1 fully saturated rings. The smallest absolute Gasteiger partial charge is 0.123 e. The fraction of sp³-hybridized carbons (Fsp3) is 0.625. The highest BCUT2D eigenvalue weighted by molar-refractivity contribution is 5.17. The molecule has 1 aromatic carbocycles. The Balaban J connectivity index is 1.73. The van der Waals surface area contributed by atoms with Gasteiger partial charge in [0.1, 0.15) is 5.82 Å². The van der Waals surface area contributed by atoms with Crippen LogP contribution in [0.3, 0.4) is 0 Å². The van der Waals surface area contributed by atoms with Gasteiger partial charge < -0.3 is 5.32 Å². The lowest BCUT2D eigenvalue weighted by Crippen LogP contribution is -2.32. The summed E-state index contributed by atoms with van der Waals surface area (Å²) < 4.78 is 13.1. The van der Waals surface area contributed by atoms with Gasteiger partial charge in [-0.05, 0) is 62.3 Å². The maximum absolute atomic E-state index is 13.1. The van der Waals surface area contributed by atoms with Crippen LogP contribution in [-0.2, 0) is 6.42 Å². The third kappa shape index (κ3) is 4.09. The molecule has 1 N–H and O–H groups in total. The third-order valence-corrected chi connectivity index (χ3v) is 3.99. The van der Waals surface area contributed by atoms with Crippen molar-refractivity contribution in [3.8, 4) is 0 Å². The number of halogens is 1. The van der Waals surface area contributed by atoms with E-state index in [9.17, 15) is 4.39 Å². The molecule has 100 valence electrons. The average molecular weight is 249 g/mol. The van der Waals surface area contributed by atoms with E-state index in [1.54, 1.807) is 12.1 Å². The molecule has 0 aromatic heterocycles. The minimum absolute atomic E-state index is 0.135. The van der Waals surface area contributed by atoms with Crippen molar-refractivity contribution in [2.45, 2.75) is 45.6 Å². The number of hydrogen-bond donors (Lipinski definition) is 1. The molecule has 0 heterocycles. The normalized spacial score (nSPS) is 25.3. The van der Waals surface area contributed by atoms with Crippen LogP contribution >= 0.6 is 0 Å². The lowest BCUT2D eigenvalue weighted by Gasteiger charge is -2.17. The average Bonchev–Trinajstić information content (AvgIpc) is 2.73. The molecular weight excluding hydrogens is 225 g/mol. The van der Waals surface area contributed by atoms with Gasteiger partial charge in [0.2, 0.25) is 0 Å². The van der Waals surface area contributed by atoms with Crippen LogP contribution in [0.15, 0.2) is 24.3 Å². The third-order valence-electron chi connectivity index (χ3n) is 3.99. The Morgan fingerprint density at radius 3 is 2.89 bits per heavy atom. The Morgan fingerprint density at radius 2 is 2.22 bits per heavy atom. The van der Waals surface area contributed by atoms with E-state index in [4.69, 9.17) is 0 Å². The maximum atomic E-state index is 13.1. The van der Waals surface area contributed by atoms with Crippen LogP contribution < -0.4 is 5.32 Å². The van der Waals surface area contributed by atoms with E-state index < -0.39 is 0 Å². The van der Waals surface area contributed by atoms with Crippen molar-refractivity contribution < 1.29 is 4.39 Å². The summed E-state index contributed by atoms with van der Waals surface area (Å²) in [7, 11) is 0. The minimum Gasteiger partial charge on any atom is -0.314 e. The summed E-state index contributed by atoms with van der Waals surface area (Å²) in [6.07, 6.45) is 5.01. The van der Waals surface area contributed by atoms with Crippen LogP contribution in [0, 0.1) is 17.7 Å². The van der Waals surface area contributed by atoms with Crippen molar-refractivity contribution in [1.82, 2.24) is 5.32 Å². The second-order valence-electron chi connectivity index (χ2n) is 5.93. The Kier molecular flexibility index (Phi) is 4.76. The van der Waals surface area contributed by atoms with Crippen molar-refractivity contribution in [2.24, 2.45) is 11.8 Å². The Hall–Kier alpha value is -0.890. The van der Waals surface area contributed by atoms with Gasteiger partial charge in [-0.2, -0.15) is 0 Å². The van der Waals surface area contributed by atoms with Gasteiger partial charge in [0.15, 0.2) is 0 Å².